The molecule has 2 rings (SSSR count). The Kier molecular flexibility index (Phi) is 5.63. The van der Waals surface area contributed by atoms with Crippen molar-refractivity contribution in [2.24, 2.45) is 7.05 Å². The van der Waals surface area contributed by atoms with Gasteiger partial charge in [-0.25, -0.2) is 0 Å². The van der Waals surface area contributed by atoms with Crippen molar-refractivity contribution in [3.05, 3.63) is 41.7 Å². The molecule has 1 heterocycles. The molecule has 5 nitrogen and oxygen atoms in total. The molecule has 5 heteroatoms. The van der Waals surface area contributed by atoms with E-state index in [0.29, 0.717) is 6.61 Å². The summed E-state index contributed by atoms with van der Waals surface area (Å²) in [5, 5.41) is 7.55. The second-order valence-corrected chi connectivity index (χ2v) is 4.88. The number of aryl methyl sites for hydroxylation is 1. The topological polar surface area (TPSA) is 48.3 Å². The van der Waals surface area contributed by atoms with Crippen LogP contribution in [0, 0.1) is 0 Å². The van der Waals surface area contributed by atoms with Crippen molar-refractivity contribution in [1.29, 1.82) is 0 Å². The lowest BCUT2D eigenvalue weighted by molar-refractivity contribution is 0.294. The van der Waals surface area contributed by atoms with Crippen LogP contribution in [0.3, 0.4) is 0 Å². The fourth-order valence-corrected chi connectivity index (χ4v) is 2.06. The summed E-state index contributed by atoms with van der Waals surface area (Å²) in [6, 6.07) is 8.05. The molecule has 0 saturated heterocycles. The Labute approximate surface area is 125 Å². The Hall–Kier alpha value is -2.01. The van der Waals surface area contributed by atoms with Gasteiger partial charge in [0, 0.05) is 26.3 Å². The van der Waals surface area contributed by atoms with Crippen LogP contribution in [0.4, 0.5) is 0 Å². The zero-order chi connectivity index (χ0) is 15.1. The van der Waals surface area contributed by atoms with Crippen molar-refractivity contribution in [2.45, 2.75) is 26.4 Å². The number of ether oxygens (including phenoxy) is 2. The number of nitrogens with zero attached hydrogens (tertiary/aromatic N) is 2. The molecule has 1 N–H and O–H groups in total. The van der Waals surface area contributed by atoms with E-state index in [2.05, 4.69) is 23.4 Å². The second kappa shape index (κ2) is 7.69. The van der Waals surface area contributed by atoms with Gasteiger partial charge >= 0.3 is 0 Å². The monoisotopic (exact) mass is 289 g/mol. The summed E-state index contributed by atoms with van der Waals surface area (Å²) in [5.41, 5.74) is 2.32. The van der Waals surface area contributed by atoms with Gasteiger partial charge in [-0.1, -0.05) is 13.0 Å². The summed E-state index contributed by atoms with van der Waals surface area (Å²) in [7, 11) is 3.61. The number of nitrogens with one attached hydrogen (secondary N) is 1. The van der Waals surface area contributed by atoms with Crippen LogP contribution in [0.15, 0.2) is 30.5 Å². The van der Waals surface area contributed by atoms with Gasteiger partial charge in [-0.15, -0.1) is 0 Å². The van der Waals surface area contributed by atoms with Crippen LogP contribution in [-0.2, 0) is 20.1 Å². The summed E-state index contributed by atoms with van der Waals surface area (Å²) in [5.74, 6) is 1.58. The molecule has 0 unspecified atom stereocenters. The lowest BCUT2D eigenvalue weighted by atomic mass is 10.2. The zero-order valence-corrected chi connectivity index (χ0v) is 12.9. The van der Waals surface area contributed by atoms with E-state index in [9.17, 15) is 0 Å². The number of rotatable bonds is 8. The third kappa shape index (κ3) is 4.23. The average molecular weight is 289 g/mol. The van der Waals surface area contributed by atoms with Crippen LogP contribution in [0.25, 0.3) is 0 Å². The van der Waals surface area contributed by atoms with Gasteiger partial charge in [0.15, 0.2) is 11.5 Å². The number of hydrogen-bond donors (Lipinski definition) is 1. The molecule has 0 aliphatic carbocycles. The lowest BCUT2D eigenvalue weighted by Crippen LogP contribution is -2.15. The number of aromatic nitrogens is 2. The van der Waals surface area contributed by atoms with E-state index < -0.39 is 0 Å². The van der Waals surface area contributed by atoms with Gasteiger partial charge in [0.1, 0.15) is 0 Å². The molecule has 0 radical (unpaired) electrons. The Morgan fingerprint density at radius 3 is 2.71 bits per heavy atom. The normalized spacial score (nSPS) is 10.6. The fraction of sp³-hybridized carbons (Fsp3) is 0.438. The van der Waals surface area contributed by atoms with Crippen LogP contribution in [-0.4, -0.2) is 23.5 Å². The molecule has 0 saturated carbocycles. The first-order valence-electron chi connectivity index (χ1n) is 7.22. The van der Waals surface area contributed by atoms with Gasteiger partial charge in [-0.3, -0.25) is 4.68 Å². The largest absolute Gasteiger partial charge is 0.493 e. The molecule has 0 fully saturated rings. The third-order valence-corrected chi connectivity index (χ3v) is 3.25. The molecule has 21 heavy (non-hydrogen) atoms. The van der Waals surface area contributed by atoms with Crippen molar-refractivity contribution in [3.8, 4) is 11.5 Å². The molecule has 0 aliphatic rings. The Balaban J connectivity index is 1.92. The molecular formula is C16H23N3O2. The Morgan fingerprint density at radius 1 is 1.19 bits per heavy atom. The van der Waals surface area contributed by atoms with Gasteiger partial charge in [0.2, 0.25) is 0 Å². The molecule has 0 bridgehead atoms. The zero-order valence-electron chi connectivity index (χ0n) is 12.9. The van der Waals surface area contributed by atoms with E-state index in [0.717, 1.165) is 42.3 Å². The summed E-state index contributed by atoms with van der Waals surface area (Å²) in [6.45, 7) is 4.35. The van der Waals surface area contributed by atoms with Crippen LogP contribution in [0.1, 0.15) is 24.6 Å². The highest BCUT2D eigenvalue weighted by molar-refractivity contribution is 5.42. The first-order chi connectivity index (χ1) is 10.2. The Morgan fingerprint density at radius 2 is 2.05 bits per heavy atom. The van der Waals surface area contributed by atoms with E-state index >= 15 is 0 Å². The summed E-state index contributed by atoms with van der Waals surface area (Å²) in [6.07, 6.45) is 2.79. The maximum Gasteiger partial charge on any atom is 0.161 e. The predicted molar refractivity (Wildman–Crippen MR) is 82.5 cm³/mol. The minimum Gasteiger partial charge on any atom is -0.493 e. The van der Waals surface area contributed by atoms with Gasteiger partial charge in [-0.05, 0) is 30.2 Å². The highest BCUT2D eigenvalue weighted by Gasteiger charge is 2.06. The van der Waals surface area contributed by atoms with Crippen molar-refractivity contribution in [3.63, 3.8) is 0 Å². The van der Waals surface area contributed by atoms with Gasteiger partial charge in [0.25, 0.3) is 0 Å². The minimum absolute atomic E-state index is 0.703. The molecular weight excluding hydrogens is 266 g/mol. The van der Waals surface area contributed by atoms with Crippen molar-refractivity contribution in [2.75, 3.05) is 13.7 Å². The Bertz CT molecular complexity index is 566. The highest BCUT2D eigenvalue weighted by Crippen LogP contribution is 2.28. The minimum atomic E-state index is 0.703. The lowest BCUT2D eigenvalue weighted by Gasteiger charge is -2.12. The van der Waals surface area contributed by atoms with Crippen molar-refractivity contribution in [1.82, 2.24) is 15.1 Å². The number of benzene rings is 1. The third-order valence-electron chi connectivity index (χ3n) is 3.25. The smallest absolute Gasteiger partial charge is 0.161 e. The van der Waals surface area contributed by atoms with Gasteiger partial charge in [0.05, 0.1) is 19.4 Å². The maximum absolute atomic E-state index is 5.65. The molecule has 0 amide bonds. The number of methoxy groups -OCH3 is 1. The molecule has 0 aliphatic heterocycles. The van der Waals surface area contributed by atoms with Crippen LogP contribution in [0.5, 0.6) is 11.5 Å². The van der Waals surface area contributed by atoms with Crippen molar-refractivity contribution < 1.29 is 9.47 Å². The van der Waals surface area contributed by atoms with E-state index in [1.165, 1.54) is 0 Å². The molecule has 1 aromatic heterocycles. The quantitative estimate of drug-likeness (QED) is 0.811. The van der Waals surface area contributed by atoms with E-state index in [1.807, 2.05) is 29.9 Å². The fourth-order valence-electron chi connectivity index (χ4n) is 2.06. The van der Waals surface area contributed by atoms with E-state index in [4.69, 9.17) is 9.47 Å². The average Bonchev–Trinajstić information content (AvgIpc) is 2.91. The molecule has 0 atom stereocenters. The van der Waals surface area contributed by atoms with Crippen LogP contribution in [0.2, 0.25) is 0 Å². The molecule has 0 spiro atoms. The summed E-state index contributed by atoms with van der Waals surface area (Å²) in [4.78, 5) is 0. The van der Waals surface area contributed by atoms with Crippen LogP contribution < -0.4 is 14.8 Å². The second-order valence-electron chi connectivity index (χ2n) is 4.88. The van der Waals surface area contributed by atoms with Crippen LogP contribution >= 0.6 is 0 Å². The SMILES string of the molecule is CCCOc1ccc(CNCc2ccnn2C)cc1OC. The standard InChI is InChI=1S/C16H23N3O2/c1-4-9-21-15-6-5-13(10-16(15)20-3)11-17-12-14-7-8-18-19(14)2/h5-8,10,17H,4,9,11-12H2,1-3H3. The molecule has 114 valence electrons. The van der Waals surface area contributed by atoms with Crippen molar-refractivity contribution >= 4 is 0 Å². The molecule has 1 aromatic carbocycles. The predicted octanol–water partition coefficient (Wildman–Crippen LogP) is 2.51. The number of hydrogen-bond acceptors (Lipinski definition) is 4. The van der Waals surface area contributed by atoms with Gasteiger partial charge in [-0.2, -0.15) is 5.10 Å². The summed E-state index contributed by atoms with van der Waals surface area (Å²) < 4.78 is 12.9. The first kappa shape index (κ1) is 15.4. The van der Waals surface area contributed by atoms with Gasteiger partial charge < -0.3 is 14.8 Å². The van der Waals surface area contributed by atoms with E-state index in [-0.39, 0.29) is 0 Å². The van der Waals surface area contributed by atoms with E-state index in [1.54, 1.807) is 13.3 Å². The first-order valence-corrected chi connectivity index (χ1v) is 7.22. The highest BCUT2D eigenvalue weighted by atomic mass is 16.5. The maximum atomic E-state index is 5.65. The summed E-state index contributed by atoms with van der Waals surface area (Å²) >= 11 is 0. The molecule has 2 aromatic rings.